The summed E-state index contributed by atoms with van der Waals surface area (Å²) in [5, 5.41) is 9.67. The second-order valence-electron chi connectivity index (χ2n) is 14.6. The molecule has 0 aliphatic carbocycles. The van der Waals surface area contributed by atoms with Crippen molar-refractivity contribution >= 4 is 76.2 Å². The van der Waals surface area contributed by atoms with Gasteiger partial charge in [0.05, 0.1) is 50.2 Å². The van der Waals surface area contributed by atoms with Crippen LogP contribution < -0.4 is 0 Å². The fraction of sp³-hybridized carbons (Fsp3) is 0. The van der Waals surface area contributed by atoms with Gasteiger partial charge in [-0.15, -0.1) is 0 Å². The summed E-state index contributed by atoms with van der Waals surface area (Å²) >= 11 is 0. The number of aromatic nitrogens is 4. The maximum atomic E-state index is 5.32. The first-order valence-electron chi connectivity index (χ1n) is 19.1. The molecule has 0 aliphatic heterocycles. The van der Waals surface area contributed by atoms with Gasteiger partial charge in [0.25, 0.3) is 0 Å². The topological polar surface area (TPSA) is 35.6 Å². The summed E-state index contributed by atoms with van der Waals surface area (Å²) in [5.74, 6) is 0. The molecular formula is C52H32N4. The Hall–Kier alpha value is -7.56. The third-order valence-corrected chi connectivity index (χ3v) is 11.5. The van der Waals surface area contributed by atoms with E-state index in [-0.39, 0.29) is 0 Å². The highest BCUT2D eigenvalue weighted by Gasteiger charge is 2.21. The molecule has 0 saturated carbocycles. The lowest BCUT2D eigenvalue weighted by Gasteiger charge is -2.16. The highest BCUT2D eigenvalue weighted by molar-refractivity contribution is 6.21. The zero-order chi connectivity index (χ0) is 36.7. The Balaban J connectivity index is 1.20. The highest BCUT2D eigenvalue weighted by Crippen LogP contribution is 2.43. The van der Waals surface area contributed by atoms with Crippen molar-refractivity contribution < 1.29 is 0 Å². The monoisotopic (exact) mass is 712 g/mol. The van der Waals surface area contributed by atoms with Crippen molar-refractivity contribution in [1.29, 1.82) is 0 Å². The molecule has 260 valence electrons. The van der Waals surface area contributed by atoms with Crippen LogP contribution in [-0.2, 0) is 0 Å². The number of benzene rings is 9. The number of hydrogen-bond donors (Lipinski definition) is 0. The van der Waals surface area contributed by atoms with E-state index in [1.54, 1.807) is 0 Å². The second-order valence-corrected chi connectivity index (χ2v) is 14.6. The molecule has 4 nitrogen and oxygen atoms in total. The second kappa shape index (κ2) is 12.0. The Morgan fingerprint density at radius 2 is 0.893 bits per heavy atom. The molecule has 0 bridgehead atoms. The number of rotatable bonds is 4. The number of fused-ring (bicyclic) bond motifs is 9. The normalized spacial score (nSPS) is 11.9. The molecule has 0 unspecified atom stereocenters. The summed E-state index contributed by atoms with van der Waals surface area (Å²) in [7, 11) is 0. The van der Waals surface area contributed by atoms with Crippen molar-refractivity contribution in [2.24, 2.45) is 0 Å². The van der Waals surface area contributed by atoms with Gasteiger partial charge in [-0.05, 0) is 76.8 Å². The van der Waals surface area contributed by atoms with E-state index < -0.39 is 0 Å². The predicted molar refractivity (Wildman–Crippen MR) is 234 cm³/mol. The van der Waals surface area contributed by atoms with Gasteiger partial charge in [-0.3, -0.25) is 0 Å². The van der Waals surface area contributed by atoms with Crippen molar-refractivity contribution in [3.05, 3.63) is 194 Å². The van der Waals surface area contributed by atoms with Crippen LogP contribution in [0, 0.1) is 0 Å². The third-order valence-electron chi connectivity index (χ3n) is 11.5. The van der Waals surface area contributed by atoms with E-state index >= 15 is 0 Å². The Morgan fingerprint density at radius 3 is 1.71 bits per heavy atom. The summed E-state index contributed by atoms with van der Waals surface area (Å²) in [6.45, 7) is 0. The van der Waals surface area contributed by atoms with E-state index in [9.17, 15) is 0 Å². The first kappa shape index (κ1) is 30.9. The summed E-state index contributed by atoms with van der Waals surface area (Å²) in [4.78, 5) is 10.5. The standard InChI is InChI=1S/C52H32N4/c1-3-15-33(16-4-1)51-52(54-45-26-11-10-25-44(45)53-51)40-24-13-23-38-37(40)22-14-28-47(38)56-48-30-35-18-8-7-17-34(35)29-41(48)43-31-42-39-21-9-12-27-46(39)55(49(42)32-50(43)56)36-19-5-2-6-20-36/h1-32H. The lowest BCUT2D eigenvalue weighted by atomic mass is 9.97. The van der Waals surface area contributed by atoms with Gasteiger partial charge < -0.3 is 9.13 Å². The lowest BCUT2D eigenvalue weighted by molar-refractivity contribution is 1.17. The zero-order valence-electron chi connectivity index (χ0n) is 30.3. The van der Waals surface area contributed by atoms with Crippen molar-refractivity contribution in [1.82, 2.24) is 19.1 Å². The van der Waals surface area contributed by atoms with Gasteiger partial charge in [0.1, 0.15) is 0 Å². The first-order chi connectivity index (χ1) is 27.8. The minimum atomic E-state index is 0.875. The summed E-state index contributed by atoms with van der Waals surface area (Å²) in [5.41, 5.74) is 12.6. The van der Waals surface area contributed by atoms with Gasteiger partial charge in [-0.25, -0.2) is 9.97 Å². The van der Waals surface area contributed by atoms with Crippen LogP contribution in [0.5, 0.6) is 0 Å². The fourth-order valence-electron chi connectivity index (χ4n) is 8.96. The highest BCUT2D eigenvalue weighted by atomic mass is 15.0. The van der Waals surface area contributed by atoms with Crippen LogP contribution in [0.1, 0.15) is 0 Å². The molecule has 9 aromatic carbocycles. The van der Waals surface area contributed by atoms with Crippen LogP contribution in [0.4, 0.5) is 0 Å². The molecule has 56 heavy (non-hydrogen) atoms. The molecule has 0 N–H and O–H groups in total. The number of nitrogens with zero attached hydrogens (tertiary/aromatic N) is 4. The molecule has 0 saturated heterocycles. The van der Waals surface area contributed by atoms with Crippen LogP contribution in [0.25, 0.3) is 110 Å². The van der Waals surface area contributed by atoms with Crippen molar-refractivity contribution in [2.45, 2.75) is 0 Å². The van der Waals surface area contributed by atoms with Gasteiger partial charge in [0.2, 0.25) is 0 Å². The molecule has 0 atom stereocenters. The van der Waals surface area contributed by atoms with Gasteiger partial charge >= 0.3 is 0 Å². The van der Waals surface area contributed by atoms with E-state index in [1.165, 1.54) is 48.9 Å². The molecule has 0 fully saturated rings. The van der Waals surface area contributed by atoms with Crippen LogP contribution in [0.3, 0.4) is 0 Å². The average Bonchev–Trinajstić information content (AvgIpc) is 3.75. The number of hydrogen-bond acceptors (Lipinski definition) is 2. The Kier molecular flexibility index (Phi) is 6.60. The summed E-state index contributed by atoms with van der Waals surface area (Å²) in [6, 6.07) is 69.6. The molecule has 3 heterocycles. The molecule has 3 aromatic heterocycles. The van der Waals surface area contributed by atoms with Crippen LogP contribution in [0.2, 0.25) is 0 Å². The molecule has 12 aromatic rings. The maximum absolute atomic E-state index is 5.32. The van der Waals surface area contributed by atoms with E-state index in [0.29, 0.717) is 0 Å². The average molecular weight is 713 g/mol. The summed E-state index contributed by atoms with van der Waals surface area (Å²) < 4.78 is 4.90. The van der Waals surface area contributed by atoms with Gasteiger partial charge in [-0.1, -0.05) is 133 Å². The Bertz CT molecular complexity index is 3520. The van der Waals surface area contributed by atoms with E-state index in [1.807, 2.05) is 24.3 Å². The third kappa shape index (κ3) is 4.53. The molecule has 4 heteroatoms. The zero-order valence-corrected chi connectivity index (χ0v) is 30.3. The molecule has 0 aliphatic rings. The Morgan fingerprint density at radius 1 is 0.321 bits per heavy atom. The first-order valence-corrected chi connectivity index (χ1v) is 19.1. The predicted octanol–water partition coefficient (Wildman–Crippen LogP) is 13.5. The molecule has 12 rings (SSSR count). The van der Waals surface area contributed by atoms with Crippen LogP contribution >= 0.6 is 0 Å². The SMILES string of the molecule is c1ccc(-c2nc3ccccc3nc2-c2cccc3c(-n4c5cc6ccccc6cc5c5cc6c7ccccc7n(-c7ccccc7)c6cc54)cccc23)cc1. The minimum Gasteiger partial charge on any atom is -0.309 e. The molecule has 0 spiro atoms. The fourth-order valence-corrected chi connectivity index (χ4v) is 8.96. The largest absolute Gasteiger partial charge is 0.309 e. The molecular weight excluding hydrogens is 681 g/mol. The van der Waals surface area contributed by atoms with E-state index in [4.69, 9.17) is 9.97 Å². The molecule has 0 radical (unpaired) electrons. The van der Waals surface area contributed by atoms with Gasteiger partial charge in [0, 0.05) is 43.7 Å². The van der Waals surface area contributed by atoms with Crippen molar-refractivity contribution in [3.8, 4) is 33.9 Å². The van der Waals surface area contributed by atoms with Crippen molar-refractivity contribution in [3.63, 3.8) is 0 Å². The molecule has 0 amide bonds. The lowest BCUT2D eigenvalue weighted by Crippen LogP contribution is -1.99. The van der Waals surface area contributed by atoms with Gasteiger partial charge in [-0.2, -0.15) is 0 Å². The summed E-state index contributed by atoms with van der Waals surface area (Å²) in [6.07, 6.45) is 0. The maximum Gasteiger partial charge on any atom is 0.0979 e. The van der Waals surface area contributed by atoms with E-state index in [0.717, 1.165) is 61.2 Å². The Labute approximate surface area is 322 Å². The minimum absolute atomic E-state index is 0.875. The van der Waals surface area contributed by atoms with Crippen LogP contribution in [-0.4, -0.2) is 19.1 Å². The van der Waals surface area contributed by atoms with E-state index in [2.05, 4.69) is 179 Å². The van der Waals surface area contributed by atoms with Crippen molar-refractivity contribution in [2.75, 3.05) is 0 Å². The van der Waals surface area contributed by atoms with Gasteiger partial charge in [0.15, 0.2) is 0 Å². The quantitative estimate of drug-likeness (QED) is 0.182. The van der Waals surface area contributed by atoms with Crippen LogP contribution in [0.15, 0.2) is 194 Å². The number of para-hydroxylation sites is 4. The smallest absolute Gasteiger partial charge is 0.0979 e.